The molecule has 1 saturated heterocycles. The number of carbonyl (C=O) groups excluding carboxylic acids is 1. The maximum Gasteiger partial charge on any atom is 0.252 e. The first-order chi connectivity index (χ1) is 16.6. The van der Waals surface area contributed by atoms with Gasteiger partial charge in [-0.3, -0.25) is 4.79 Å². The lowest BCUT2D eigenvalue weighted by molar-refractivity contribution is 0.0936. The van der Waals surface area contributed by atoms with E-state index >= 15 is 0 Å². The number of benzene rings is 1. The van der Waals surface area contributed by atoms with Crippen molar-refractivity contribution in [2.24, 2.45) is 0 Å². The van der Waals surface area contributed by atoms with E-state index in [0.29, 0.717) is 61.0 Å². The van der Waals surface area contributed by atoms with Gasteiger partial charge in [0, 0.05) is 32.4 Å². The number of amides is 1. The normalized spacial score (nSPS) is 14.0. The van der Waals surface area contributed by atoms with E-state index in [-0.39, 0.29) is 5.91 Å². The van der Waals surface area contributed by atoms with Crippen molar-refractivity contribution in [3.8, 4) is 11.5 Å². The molecule has 1 aliphatic rings. The Bertz CT molecular complexity index is 893. The fraction of sp³-hybridized carbons (Fsp3) is 0.520. The summed E-state index contributed by atoms with van der Waals surface area (Å²) >= 11 is 6.50. The van der Waals surface area contributed by atoms with Crippen molar-refractivity contribution in [2.75, 3.05) is 51.5 Å². The van der Waals surface area contributed by atoms with Gasteiger partial charge in [0.25, 0.3) is 5.91 Å². The Morgan fingerprint density at radius 2 is 1.85 bits per heavy atom. The third-order valence-corrected chi connectivity index (χ3v) is 6.04. The highest BCUT2D eigenvalue weighted by atomic mass is 35.5. The summed E-state index contributed by atoms with van der Waals surface area (Å²) in [5.41, 5.74) is 1.55. The van der Waals surface area contributed by atoms with E-state index < -0.39 is 0 Å². The summed E-state index contributed by atoms with van der Waals surface area (Å²) in [6, 6.07) is 7.99. The quantitative estimate of drug-likeness (QED) is 0.439. The standard InChI is InChI=1S/C25H35ClN4O4/c1-4-33-21-14-18(15-22(24(21)26)34-5-2)17-30(20-8-10-27-11-9-20)23-7-6-19(16-29-23)25(31)28-12-13-32-3/h6-7,14-16,20,27H,4-5,8-13,17H2,1-3H3,(H,28,31). The van der Waals surface area contributed by atoms with Crippen molar-refractivity contribution in [3.63, 3.8) is 0 Å². The Morgan fingerprint density at radius 3 is 2.41 bits per heavy atom. The molecule has 186 valence electrons. The number of pyridine rings is 1. The summed E-state index contributed by atoms with van der Waals surface area (Å²) in [7, 11) is 1.60. The molecular weight excluding hydrogens is 456 g/mol. The number of hydrogen-bond donors (Lipinski definition) is 2. The summed E-state index contributed by atoms with van der Waals surface area (Å²) in [6.07, 6.45) is 3.64. The molecule has 2 heterocycles. The van der Waals surface area contributed by atoms with E-state index in [1.54, 1.807) is 13.3 Å². The smallest absolute Gasteiger partial charge is 0.252 e. The number of piperidine rings is 1. The van der Waals surface area contributed by atoms with E-state index in [1.165, 1.54) is 0 Å². The molecule has 1 amide bonds. The van der Waals surface area contributed by atoms with Crippen molar-refractivity contribution in [3.05, 3.63) is 46.6 Å². The minimum atomic E-state index is -0.162. The molecule has 0 aliphatic carbocycles. The summed E-state index contributed by atoms with van der Waals surface area (Å²) in [4.78, 5) is 19.3. The van der Waals surface area contributed by atoms with Crippen LogP contribution in [0.15, 0.2) is 30.5 Å². The molecule has 0 saturated carbocycles. The zero-order valence-electron chi connectivity index (χ0n) is 20.2. The molecular formula is C25H35ClN4O4. The van der Waals surface area contributed by atoms with Crippen LogP contribution in [0.5, 0.6) is 11.5 Å². The minimum Gasteiger partial charge on any atom is -0.492 e. The molecule has 8 nitrogen and oxygen atoms in total. The lowest BCUT2D eigenvalue weighted by Crippen LogP contribution is -2.43. The largest absolute Gasteiger partial charge is 0.492 e. The van der Waals surface area contributed by atoms with Crippen LogP contribution in [0.25, 0.3) is 0 Å². The first-order valence-electron chi connectivity index (χ1n) is 11.9. The summed E-state index contributed by atoms with van der Waals surface area (Å²) < 4.78 is 16.5. The van der Waals surface area contributed by atoms with Gasteiger partial charge in [0.1, 0.15) is 22.3 Å². The van der Waals surface area contributed by atoms with Gasteiger partial charge in [0.15, 0.2) is 0 Å². The maximum absolute atomic E-state index is 12.4. The second-order valence-electron chi connectivity index (χ2n) is 8.03. The second-order valence-corrected chi connectivity index (χ2v) is 8.41. The summed E-state index contributed by atoms with van der Waals surface area (Å²) in [5, 5.41) is 6.74. The molecule has 1 aromatic carbocycles. The SMILES string of the molecule is CCOc1cc(CN(c2ccc(C(=O)NCCOC)cn2)C2CCNCC2)cc(OCC)c1Cl. The molecule has 0 spiro atoms. The van der Waals surface area contributed by atoms with Crippen LogP contribution in [0.4, 0.5) is 5.82 Å². The number of rotatable bonds is 12. The van der Waals surface area contributed by atoms with Crippen molar-refractivity contribution < 1.29 is 19.0 Å². The van der Waals surface area contributed by atoms with Crippen LogP contribution in [0.2, 0.25) is 5.02 Å². The van der Waals surface area contributed by atoms with Crippen molar-refractivity contribution in [2.45, 2.75) is 39.3 Å². The average molecular weight is 491 g/mol. The topological polar surface area (TPSA) is 85.0 Å². The van der Waals surface area contributed by atoms with Crippen LogP contribution in [-0.2, 0) is 11.3 Å². The first-order valence-corrected chi connectivity index (χ1v) is 12.2. The molecule has 1 aliphatic heterocycles. The van der Waals surface area contributed by atoms with E-state index in [4.69, 9.17) is 25.8 Å². The molecule has 2 N–H and O–H groups in total. The molecule has 0 radical (unpaired) electrons. The number of aromatic nitrogens is 1. The van der Waals surface area contributed by atoms with Crippen LogP contribution in [0.3, 0.4) is 0 Å². The van der Waals surface area contributed by atoms with Gasteiger partial charge in [0.2, 0.25) is 0 Å². The predicted octanol–water partition coefficient (Wildman–Crippen LogP) is 3.67. The fourth-order valence-corrected chi connectivity index (χ4v) is 4.23. The molecule has 9 heteroatoms. The number of carbonyl (C=O) groups is 1. The van der Waals surface area contributed by atoms with E-state index in [9.17, 15) is 4.79 Å². The second kappa shape index (κ2) is 13.4. The van der Waals surface area contributed by atoms with E-state index in [2.05, 4.69) is 20.5 Å². The van der Waals surface area contributed by atoms with Gasteiger partial charge in [0.05, 0.1) is 25.4 Å². The zero-order valence-corrected chi connectivity index (χ0v) is 21.0. The number of anilines is 1. The number of ether oxygens (including phenoxy) is 3. The monoisotopic (exact) mass is 490 g/mol. The minimum absolute atomic E-state index is 0.162. The summed E-state index contributed by atoms with van der Waals surface area (Å²) in [5.74, 6) is 1.90. The number of nitrogens with zero attached hydrogens (tertiary/aromatic N) is 2. The van der Waals surface area contributed by atoms with Crippen LogP contribution in [-0.4, -0.2) is 63.5 Å². The van der Waals surface area contributed by atoms with E-state index in [0.717, 1.165) is 37.3 Å². The highest BCUT2D eigenvalue weighted by molar-refractivity contribution is 6.33. The van der Waals surface area contributed by atoms with Gasteiger partial charge in [-0.1, -0.05) is 11.6 Å². The molecule has 3 rings (SSSR count). The van der Waals surface area contributed by atoms with Crippen molar-refractivity contribution >= 4 is 23.3 Å². The van der Waals surface area contributed by atoms with Crippen molar-refractivity contribution in [1.29, 1.82) is 0 Å². The lowest BCUT2D eigenvalue weighted by Gasteiger charge is -2.36. The third kappa shape index (κ3) is 6.98. The Hall–Kier alpha value is -2.55. The molecule has 0 unspecified atom stereocenters. The van der Waals surface area contributed by atoms with Gasteiger partial charge in [-0.25, -0.2) is 4.98 Å². The van der Waals surface area contributed by atoms with Gasteiger partial charge < -0.3 is 29.7 Å². The molecule has 1 aromatic heterocycles. The highest BCUT2D eigenvalue weighted by Crippen LogP contribution is 2.37. The number of nitrogens with one attached hydrogen (secondary N) is 2. The van der Waals surface area contributed by atoms with Crippen LogP contribution in [0.1, 0.15) is 42.6 Å². The Balaban J connectivity index is 1.86. The highest BCUT2D eigenvalue weighted by Gasteiger charge is 2.24. The molecule has 0 atom stereocenters. The molecule has 34 heavy (non-hydrogen) atoms. The molecule has 1 fully saturated rings. The number of methoxy groups -OCH3 is 1. The Morgan fingerprint density at radius 1 is 1.18 bits per heavy atom. The maximum atomic E-state index is 12.4. The first kappa shape index (κ1) is 26.1. The van der Waals surface area contributed by atoms with E-state index in [1.807, 2.05) is 38.1 Å². The number of hydrogen-bond acceptors (Lipinski definition) is 7. The van der Waals surface area contributed by atoms with Gasteiger partial charge in [-0.2, -0.15) is 0 Å². The Labute approximate surface area is 206 Å². The Kier molecular flexibility index (Phi) is 10.2. The van der Waals surface area contributed by atoms with Gasteiger partial charge in [-0.15, -0.1) is 0 Å². The fourth-order valence-electron chi connectivity index (χ4n) is 4.01. The van der Waals surface area contributed by atoms with Gasteiger partial charge in [-0.05, 0) is 69.6 Å². The number of halogens is 1. The molecule has 0 bridgehead atoms. The van der Waals surface area contributed by atoms with Crippen LogP contribution in [0, 0.1) is 0 Å². The predicted molar refractivity (Wildman–Crippen MR) is 134 cm³/mol. The zero-order chi connectivity index (χ0) is 24.3. The summed E-state index contributed by atoms with van der Waals surface area (Å²) in [6.45, 7) is 8.35. The third-order valence-electron chi connectivity index (χ3n) is 5.66. The van der Waals surface area contributed by atoms with Crippen LogP contribution < -0.4 is 25.0 Å². The van der Waals surface area contributed by atoms with Crippen molar-refractivity contribution in [1.82, 2.24) is 15.6 Å². The van der Waals surface area contributed by atoms with Gasteiger partial charge >= 0.3 is 0 Å². The lowest BCUT2D eigenvalue weighted by atomic mass is 10.0. The van der Waals surface area contributed by atoms with Crippen LogP contribution >= 0.6 is 11.6 Å². The average Bonchev–Trinajstić information content (AvgIpc) is 2.86. The molecule has 2 aromatic rings.